The Labute approximate surface area is 158 Å². The van der Waals surface area contributed by atoms with Gasteiger partial charge in [0.15, 0.2) is 5.78 Å². The number of carbonyl (C=O) groups is 1. The number of Topliss-reactive ketones (excluding diaryl/α,β-unsaturated/α-hetero) is 1. The zero-order valence-corrected chi connectivity index (χ0v) is 16.0. The zero-order chi connectivity index (χ0) is 18.5. The molecule has 26 heavy (non-hydrogen) atoms. The summed E-state index contributed by atoms with van der Waals surface area (Å²) < 4.78 is 19.3. The zero-order valence-electron chi connectivity index (χ0n) is 15.2. The Hall–Kier alpha value is -1.85. The van der Waals surface area contributed by atoms with Crippen LogP contribution in [0, 0.1) is 11.7 Å². The van der Waals surface area contributed by atoms with Crippen LogP contribution in [0.1, 0.15) is 28.8 Å². The van der Waals surface area contributed by atoms with Gasteiger partial charge in [0.2, 0.25) is 0 Å². The van der Waals surface area contributed by atoms with Crippen molar-refractivity contribution in [3.63, 3.8) is 0 Å². The normalized spacial score (nSPS) is 17.9. The number of ether oxygens (including phenoxy) is 1. The minimum atomic E-state index is -0.259. The minimum absolute atomic E-state index is 0.0293. The molecule has 1 heterocycles. The van der Waals surface area contributed by atoms with Crippen LogP contribution >= 0.6 is 11.8 Å². The van der Waals surface area contributed by atoms with Gasteiger partial charge in [0.1, 0.15) is 11.6 Å². The van der Waals surface area contributed by atoms with Gasteiger partial charge in [0.05, 0.1) is 7.11 Å². The van der Waals surface area contributed by atoms with Gasteiger partial charge in [0, 0.05) is 41.1 Å². The maximum Gasteiger partial charge on any atom is 0.168 e. The number of halogens is 1. The molecule has 0 bridgehead atoms. The van der Waals surface area contributed by atoms with E-state index in [-0.39, 0.29) is 17.5 Å². The quantitative estimate of drug-likeness (QED) is 0.544. The third-order valence-electron chi connectivity index (χ3n) is 4.90. The minimum Gasteiger partial charge on any atom is -0.497 e. The maximum absolute atomic E-state index is 14.2. The summed E-state index contributed by atoms with van der Waals surface area (Å²) in [7, 11) is 1.53. The molecule has 2 aromatic rings. The molecule has 0 N–H and O–H groups in total. The van der Waals surface area contributed by atoms with Crippen molar-refractivity contribution in [2.75, 3.05) is 26.5 Å². The molecule has 1 atom stereocenters. The molecule has 0 aliphatic carbocycles. The van der Waals surface area contributed by atoms with Crippen LogP contribution in [0.3, 0.4) is 0 Å². The van der Waals surface area contributed by atoms with E-state index in [0.717, 1.165) is 29.8 Å². The molecule has 1 aliphatic heterocycles. The molecule has 0 unspecified atom stereocenters. The van der Waals surface area contributed by atoms with Crippen molar-refractivity contribution >= 4 is 17.5 Å². The van der Waals surface area contributed by atoms with E-state index in [0.29, 0.717) is 24.4 Å². The third-order valence-corrected chi connectivity index (χ3v) is 5.70. The molecule has 0 amide bonds. The Morgan fingerprint density at radius 2 is 2.12 bits per heavy atom. The number of carbonyl (C=O) groups excluding carboxylic acids is 1. The smallest absolute Gasteiger partial charge is 0.168 e. The highest BCUT2D eigenvalue weighted by molar-refractivity contribution is 7.98. The molecule has 138 valence electrons. The van der Waals surface area contributed by atoms with E-state index in [4.69, 9.17) is 4.74 Å². The summed E-state index contributed by atoms with van der Waals surface area (Å²) in [5, 5.41) is 0. The molecular weight excluding hydrogens is 349 g/mol. The van der Waals surface area contributed by atoms with Gasteiger partial charge in [-0.2, -0.15) is 0 Å². The van der Waals surface area contributed by atoms with E-state index in [2.05, 4.69) is 4.90 Å². The Kier molecular flexibility index (Phi) is 6.33. The van der Waals surface area contributed by atoms with Crippen LogP contribution in [0.2, 0.25) is 0 Å². The van der Waals surface area contributed by atoms with Gasteiger partial charge in [-0.15, -0.1) is 11.8 Å². The van der Waals surface area contributed by atoms with Crippen molar-refractivity contribution in [2.24, 2.45) is 5.92 Å². The lowest BCUT2D eigenvalue weighted by molar-refractivity contribution is 0.0807. The first-order valence-electron chi connectivity index (χ1n) is 8.84. The number of ketones is 1. The summed E-state index contributed by atoms with van der Waals surface area (Å²) in [5.41, 5.74) is 1.45. The average Bonchev–Trinajstić information content (AvgIpc) is 2.69. The molecule has 0 saturated carbocycles. The molecule has 5 heteroatoms. The summed E-state index contributed by atoms with van der Waals surface area (Å²) in [6, 6.07) is 12.7. The first-order valence-corrected chi connectivity index (χ1v) is 10.1. The highest BCUT2D eigenvalue weighted by Crippen LogP contribution is 2.28. The topological polar surface area (TPSA) is 29.5 Å². The Morgan fingerprint density at radius 3 is 2.85 bits per heavy atom. The number of hydrogen-bond donors (Lipinski definition) is 0. The second-order valence-electron chi connectivity index (χ2n) is 6.60. The summed E-state index contributed by atoms with van der Waals surface area (Å²) in [6.07, 6.45) is 3.84. The van der Waals surface area contributed by atoms with Crippen LogP contribution in [0.15, 0.2) is 47.4 Å². The molecule has 3 nitrogen and oxygen atoms in total. The van der Waals surface area contributed by atoms with E-state index < -0.39 is 0 Å². The van der Waals surface area contributed by atoms with Crippen molar-refractivity contribution in [1.82, 2.24) is 4.90 Å². The van der Waals surface area contributed by atoms with Crippen LogP contribution in [-0.4, -0.2) is 37.1 Å². The first kappa shape index (κ1) is 18.9. The van der Waals surface area contributed by atoms with Crippen molar-refractivity contribution in [2.45, 2.75) is 24.3 Å². The number of likely N-dealkylation sites (tertiary alicyclic amines) is 1. The van der Waals surface area contributed by atoms with Crippen molar-refractivity contribution in [1.29, 1.82) is 0 Å². The fourth-order valence-corrected chi connectivity index (χ4v) is 4.11. The van der Waals surface area contributed by atoms with E-state index in [1.165, 1.54) is 13.2 Å². The average molecular weight is 373 g/mol. The number of hydrogen-bond acceptors (Lipinski definition) is 4. The molecule has 0 radical (unpaired) electrons. The number of rotatable bonds is 6. The summed E-state index contributed by atoms with van der Waals surface area (Å²) >= 11 is 1.60. The molecule has 0 spiro atoms. The molecule has 0 aromatic heterocycles. The lowest BCUT2D eigenvalue weighted by atomic mass is 9.89. The molecule has 2 aromatic carbocycles. The van der Waals surface area contributed by atoms with E-state index in [1.54, 1.807) is 23.9 Å². The standard InChI is InChI=1S/C21H24FNO2S/c1-25-17-10-9-15(19(22)12-17)13-23-11-5-6-16(14-23)21(24)18-7-3-4-8-20(18)26-2/h3-4,7-10,12,16H,5-6,11,13-14H2,1-2H3/t16-/m1/s1. The van der Waals surface area contributed by atoms with E-state index >= 15 is 0 Å². The molecule has 1 aliphatic rings. The number of benzene rings is 2. The molecule has 1 fully saturated rings. The van der Waals surface area contributed by atoms with E-state index in [9.17, 15) is 9.18 Å². The highest BCUT2D eigenvalue weighted by Gasteiger charge is 2.28. The number of nitrogens with zero attached hydrogens (tertiary/aromatic N) is 1. The lowest BCUT2D eigenvalue weighted by Gasteiger charge is -2.32. The molecule has 3 rings (SSSR count). The molecular formula is C21H24FNO2S. The van der Waals surface area contributed by atoms with Gasteiger partial charge in [0.25, 0.3) is 0 Å². The second kappa shape index (κ2) is 8.69. The Balaban J connectivity index is 1.70. The largest absolute Gasteiger partial charge is 0.497 e. The van der Waals surface area contributed by atoms with Gasteiger partial charge >= 0.3 is 0 Å². The fourth-order valence-electron chi connectivity index (χ4n) is 3.51. The van der Waals surface area contributed by atoms with Crippen LogP contribution in [0.5, 0.6) is 5.75 Å². The van der Waals surface area contributed by atoms with Gasteiger partial charge in [-0.25, -0.2) is 4.39 Å². The number of piperidine rings is 1. The summed E-state index contributed by atoms with van der Waals surface area (Å²) in [6.45, 7) is 2.08. The number of methoxy groups -OCH3 is 1. The molecule has 1 saturated heterocycles. The van der Waals surface area contributed by atoms with Crippen molar-refractivity contribution < 1.29 is 13.9 Å². The SMILES string of the molecule is COc1ccc(CN2CCC[C@@H](C(=O)c3ccccc3SC)C2)c(F)c1. The van der Waals surface area contributed by atoms with Gasteiger partial charge in [-0.3, -0.25) is 9.69 Å². The van der Waals surface area contributed by atoms with Crippen LogP contribution in [0.25, 0.3) is 0 Å². The van der Waals surface area contributed by atoms with Crippen LogP contribution < -0.4 is 4.74 Å². The van der Waals surface area contributed by atoms with Crippen molar-refractivity contribution in [3.8, 4) is 5.75 Å². The Bertz CT molecular complexity index is 780. The fraction of sp³-hybridized carbons (Fsp3) is 0.381. The first-order chi connectivity index (χ1) is 12.6. The lowest BCUT2D eigenvalue weighted by Crippen LogP contribution is -2.38. The monoisotopic (exact) mass is 373 g/mol. The van der Waals surface area contributed by atoms with Gasteiger partial charge < -0.3 is 4.74 Å². The van der Waals surface area contributed by atoms with Gasteiger partial charge in [-0.1, -0.05) is 24.3 Å². The van der Waals surface area contributed by atoms with E-state index in [1.807, 2.05) is 30.5 Å². The van der Waals surface area contributed by atoms with Crippen molar-refractivity contribution in [3.05, 3.63) is 59.4 Å². The van der Waals surface area contributed by atoms with Crippen LogP contribution in [-0.2, 0) is 6.54 Å². The highest BCUT2D eigenvalue weighted by atomic mass is 32.2. The third kappa shape index (κ3) is 4.27. The second-order valence-corrected chi connectivity index (χ2v) is 7.44. The summed E-state index contributed by atoms with van der Waals surface area (Å²) in [5.74, 6) is 0.436. The summed E-state index contributed by atoms with van der Waals surface area (Å²) in [4.78, 5) is 16.2. The Morgan fingerprint density at radius 1 is 1.31 bits per heavy atom. The van der Waals surface area contributed by atoms with Crippen LogP contribution in [0.4, 0.5) is 4.39 Å². The predicted octanol–water partition coefficient (Wildman–Crippen LogP) is 4.65. The number of thioether (sulfide) groups is 1. The van der Waals surface area contributed by atoms with Gasteiger partial charge in [-0.05, 0) is 37.8 Å². The predicted molar refractivity (Wildman–Crippen MR) is 104 cm³/mol. The maximum atomic E-state index is 14.2.